The molecule has 0 bridgehead atoms. The lowest BCUT2D eigenvalue weighted by Crippen LogP contribution is -2.40. The molecule has 3 rings (SSSR count). The van der Waals surface area contributed by atoms with E-state index in [4.69, 9.17) is 0 Å². The lowest BCUT2D eigenvalue weighted by atomic mass is 10.00. The maximum absolute atomic E-state index is 10.5. The van der Waals surface area contributed by atoms with Crippen molar-refractivity contribution in [1.29, 1.82) is 0 Å². The first-order valence-corrected chi connectivity index (χ1v) is 7.66. The molecule has 1 aliphatic rings. The van der Waals surface area contributed by atoms with Crippen LogP contribution < -0.4 is 0 Å². The average molecular weight is 273 g/mol. The topological polar surface area (TPSA) is 23.5 Å². The molecular weight excluding hydrogens is 254 g/mol. The normalized spacial score (nSPS) is 18.8. The quantitative estimate of drug-likeness (QED) is 0.928. The molecule has 2 nitrogen and oxygen atoms in total. The van der Waals surface area contributed by atoms with E-state index in [0.717, 1.165) is 25.1 Å². The standard InChI is InChI=1S/C16H19NOS/c1-12(16(18)13-5-3-2-4-6-13)17-9-7-15-14(11-17)8-10-19-15/h2-6,8,10,12,16,18H,7,9,11H2,1H3. The van der Waals surface area contributed by atoms with Crippen LogP contribution in [0.3, 0.4) is 0 Å². The van der Waals surface area contributed by atoms with Gasteiger partial charge in [-0.1, -0.05) is 30.3 Å². The zero-order chi connectivity index (χ0) is 13.2. The van der Waals surface area contributed by atoms with Crippen LogP contribution in [0.5, 0.6) is 0 Å². The first kappa shape index (κ1) is 12.9. The smallest absolute Gasteiger partial charge is 0.0942 e. The Bertz CT molecular complexity index is 537. The van der Waals surface area contributed by atoms with Crippen LogP contribution in [0.2, 0.25) is 0 Å². The Morgan fingerprint density at radius 2 is 2.00 bits per heavy atom. The number of nitrogens with zero attached hydrogens (tertiary/aromatic N) is 1. The molecule has 0 radical (unpaired) electrons. The molecule has 0 saturated heterocycles. The molecule has 1 aromatic heterocycles. The first-order valence-electron chi connectivity index (χ1n) is 6.78. The Labute approximate surface area is 118 Å². The zero-order valence-corrected chi connectivity index (χ0v) is 11.9. The molecule has 100 valence electrons. The molecule has 1 aliphatic heterocycles. The summed E-state index contributed by atoms with van der Waals surface area (Å²) in [6, 6.07) is 12.3. The number of thiophene rings is 1. The molecule has 0 fully saturated rings. The van der Waals surface area contributed by atoms with Gasteiger partial charge in [-0.3, -0.25) is 4.90 Å². The maximum Gasteiger partial charge on any atom is 0.0942 e. The number of fused-ring (bicyclic) bond motifs is 1. The van der Waals surface area contributed by atoms with E-state index in [-0.39, 0.29) is 6.04 Å². The number of benzene rings is 1. The van der Waals surface area contributed by atoms with Crippen molar-refractivity contribution in [3.05, 3.63) is 57.8 Å². The lowest BCUT2D eigenvalue weighted by molar-refractivity contribution is 0.0505. The summed E-state index contributed by atoms with van der Waals surface area (Å²) in [7, 11) is 0. The van der Waals surface area contributed by atoms with Crippen LogP contribution in [-0.2, 0) is 13.0 Å². The molecule has 1 N–H and O–H groups in total. The van der Waals surface area contributed by atoms with E-state index in [1.165, 1.54) is 10.4 Å². The van der Waals surface area contributed by atoms with Crippen LogP contribution in [0.25, 0.3) is 0 Å². The van der Waals surface area contributed by atoms with Crippen LogP contribution in [-0.4, -0.2) is 22.6 Å². The molecule has 19 heavy (non-hydrogen) atoms. The fourth-order valence-electron chi connectivity index (χ4n) is 2.75. The third kappa shape index (κ3) is 2.59. The van der Waals surface area contributed by atoms with Crippen molar-refractivity contribution >= 4 is 11.3 Å². The molecule has 1 aromatic carbocycles. The molecular formula is C16H19NOS. The van der Waals surface area contributed by atoms with E-state index in [2.05, 4.69) is 23.3 Å². The average Bonchev–Trinajstić information content (AvgIpc) is 2.94. The van der Waals surface area contributed by atoms with Crippen LogP contribution in [0.1, 0.15) is 29.0 Å². The summed E-state index contributed by atoms with van der Waals surface area (Å²) in [5, 5.41) is 12.7. The molecule has 0 aliphatic carbocycles. The number of hydrogen-bond acceptors (Lipinski definition) is 3. The van der Waals surface area contributed by atoms with Gasteiger partial charge in [0, 0.05) is 24.0 Å². The third-order valence-corrected chi connectivity index (χ3v) is 5.03. The van der Waals surface area contributed by atoms with E-state index in [1.54, 1.807) is 0 Å². The van der Waals surface area contributed by atoms with Gasteiger partial charge in [-0.15, -0.1) is 11.3 Å². The molecule has 0 spiro atoms. The SMILES string of the molecule is CC(C(O)c1ccccc1)N1CCc2sccc2C1. The predicted molar refractivity (Wildman–Crippen MR) is 79.3 cm³/mol. The van der Waals surface area contributed by atoms with Gasteiger partial charge >= 0.3 is 0 Å². The second kappa shape index (κ2) is 5.45. The summed E-state index contributed by atoms with van der Waals surface area (Å²) in [6.07, 6.45) is 0.695. The molecule has 2 unspecified atom stereocenters. The van der Waals surface area contributed by atoms with E-state index >= 15 is 0 Å². The summed E-state index contributed by atoms with van der Waals surface area (Å²) >= 11 is 1.85. The van der Waals surface area contributed by atoms with Gasteiger partial charge in [0.15, 0.2) is 0 Å². The fourth-order valence-corrected chi connectivity index (χ4v) is 3.64. The highest BCUT2D eigenvalue weighted by Gasteiger charge is 2.26. The first-order chi connectivity index (χ1) is 9.25. The van der Waals surface area contributed by atoms with Crippen molar-refractivity contribution in [3.8, 4) is 0 Å². The Morgan fingerprint density at radius 3 is 2.79 bits per heavy atom. The van der Waals surface area contributed by atoms with Gasteiger partial charge in [0.25, 0.3) is 0 Å². The minimum absolute atomic E-state index is 0.149. The fraction of sp³-hybridized carbons (Fsp3) is 0.375. The van der Waals surface area contributed by atoms with Gasteiger partial charge in [0.1, 0.15) is 0 Å². The van der Waals surface area contributed by atoms with Crippen LogP contribution >= 0.6 is 11.3 Å². The minimum atomic E-state index is -0.415. The van der Waals surface area contributed by atoms with E-state index in [0.29, 0.717) is 0 Å². The molecule has 0 amide bonds. The van der Waals surface area contributed by atoms with Gasteiger partial charge in [0.2, 0.25) is 0 Å². The van der Waals surface area contributed by atoms with Gasteiger partial charge in [0.05, 0.1) is 6.10 Å². The van der Waals surface area contributed by atoms with E-state index in [9.17, 15) is 5.11 Å². The second-order valence-electron chi connectivity index (χ2n) is 5.19. The third-order valence-electron chi connectivity index (χ3n) is 4.01. The second-order valence-corrected chi connectivity index (χ2v) is 6.19. The van der Waals surface area contributed by atoms with Gasteiger partial charge in [-0.2, -0.15) is 0 Å². The van der Waals surface area contributed by atoms with Crippen molar-refractivity contribution in [2.45, 2.75) is 32.0 Å². The summed E-state index contributed by atoms with van der Waals surface area (Å²) in [6.45, 7) is 4.12. The van der Waals surface area contributed by atoms with Crippen molar-refractivity contribution in [3.63, 3.8) is 0 Å². The van der Waals surface area contributed by atoms with Crippen molar-refractivity contribution in [1.82, 2.24) is 4.90 Å². The Morgan fingerprint density at radius 1 is 1.21 bits per heavy atom. The monoisotopic (exact) mass is 273 g/mol. The molecule has 2 aromatic rings. The van der Waals surface area contributed by atoms with Gasteiger partial charge < -0.3 is 5.11 Å². The lowest BCUT2D eigenvalue weighted by Gasteiger charge is -2.35. The number of hydrogen-bond donors (Lipinski definition) is 1. The summed E-state index contributed by atoms with van der Waals surface area (Å²) in [5.41, 5.74) is 2.44. The highest BCUT2D eigenvalue weighted by Crippen LogP contribution is 2.28. The van der Waals surface area contributed by atoms with Crippen LogP contribution in [0.4, 0.5) is 0 Å². The van der Waals surface area contributed by atoms with Crippen LogP contribution in [0, 0.1) is 0 Å². The molecule has 3 heteroatoms. The Hall–Kier alpha value is -1.16. The maximum atomic E-state index is 10.5. The predicted octanol–water partition coefficient (Wildman–Crippen LogP) is 3.23. The molecule has 2 atom stereocenters. The van der Waals surface area contributed by atoms with Crippen molar-refractivity contribution in [2.24, 2.45) is 0 Å². The van der Waals surface area contributed by atoms with E-state index < -0.39 is 6.10 Å². The summed E-state index contributed by atoms with van der Waals surface area (Å²) in [4.78, 5) is 3.89. The highest BCUT2D eigenvalue weighted by atomic mass is 32.1. The minimum Gasteiger partial charge on any atom is -0.387 e. The number of rotatable bonds is 3. The van der Waals surface area contributed by atoms with Crippen molar-refractivity contribution < 1.29 is 5.11 Å². The van der Waals surface area contributed by atoms with Gasteiger partial charge in [-0.05, 0) is 35.9 Å². The zero-order valence-electron chi connectivity index (χ0n) is 11.1. The van der Waals surface area contributed by atoms with Crippen LogP contribution in [0.15, 0.2) is 41.8 Å². The largest absolute Gasteiger partial charge is 0.387 e. The number of aliphatic hydroxyl groups excluding tert-OH is 1. The van der Waals surface area contributed by atoms with E-state index in [1.807, 2.05) is 41.7 Å². The molecule has 2 heterocycles. The highest BCUT2D eigenvalue weighted by molar-refractivity contribution is 7.10. The summed E-state index contributed by atoms with van der Waals surface area (Å²) in [5.74, 6) is 0. The van der Waals surface area contributed by atoms with Gasteiger partial charge in [-0.25, -0.2) is 0 Å². The summed E-state index contributed by atoms with van der Waals surface area (Å²) < 4.78 is 0. The Kier molecular flexibility index (Phi) is 3.69. The number of aliphatic hydroxyl groups is 1. The molecule has 0 saturated carbocycles. The van der Waals surface area contributed by atoms with Crippen molar-refractivity contribution in [2.75, 3.05) is 6.54 Å². The Balaban J connectivity index is 1.73.